The molecule has 1 aliphatic rings. The highest BCUT2D eigenvalue weighted by Crippen LogP contribution is 2.18. The summed E-state index contributed by atoms with van der Waals surface area (Å²) in [6.07, 6.45) is 1.75. The van der Waals surface area contributed by atoms with E-state index in [1.807, 2.05) is 0 Å². The van der Waals surface area contributed by atoms with Gasteiger partial charge in [-0.1, -0.05) is 29.8 Å². The first kappa shape index (κ1) is 14.0. The van der Waals surface area contributed by atoms with Gasteiger partial charge in [-0.15, -0.1) is 0 Å². The Morgan fingerprint density at radius 1 is 1.37 bits per heavy atom. The summed E-state index contributed by atoms with van der Waals surface area (Å²) in [6.45, 7) is 7.29. The van der Waals surface area contributed by atoms with Crippen molar-refractivity contribution in [1.82, 2.24) is 10.2 Å². The zero-order valence-electron chi connectivity index (χ0n) is 11.9. The number of aryl methyl sites for hydroxylation is 1. The number of nitriles is 1. The number of rotatable bonds is 3. The van der Waals surface area contributed by atoms with Gasteiger partial charge in [-0.2, -0.15) is 5.26 Å². The molecule has 0 aliphatic carbocycles. The van der Waals surface area contributed by atoms with E-state index in [4.69, 9.17) is 5.26 Å². The molecule has 0 aromatic heterocycles. The van der Waals surface area contributed by atoms with Gasteiger partial charge in [-0.25, -0.2) is 0 Å². The van der Waals surface area contributed by atoms with Crippen LogP contribution < -0.4 is 5.32 Å². The van der Waals surface area contributed by atoms with Crippen LogP contribution in [0, 0.1) is 18.3 Å². The van der Waals surface area contributed by atoms with Crippen LogP contribution in [0.15, 0.2) is 24.3 Å². The van der Waals surface area contributed by atoms with Crippen molar-refractivity contribution in [2.24, 2.45) is 0 Å². The number of hydrogen-bond acceptors (Lipinski definition) is 3. The van der Waals surface area contributed by atoms with Gasteiger partial charge in [0.15, 0.2) is 0 Å². The van der Waals surface area contributed by atoms with Crippen molar-refractivity contribution in [2.75, 3.05) is 13.1 Å². The van der Waals surface area contributed by atoms with Crippen molar-refractivity contribution < 1.29 is 0 Å². The summed E-state index contributed by atoms with van der Waals surface area (Å²) in [7, 11) is 0. The highest BCUT2D eigenvalue weighted by Gasteiger charge is 2.25. The van der Waals surface area contributed by atoms with Crippen LogP contribution in [0.3, 0.4) is 0 Å². The van der Waals surface area contributed by atoms with Gasteiger partial charge in [0.25, 0.3) is 0 Å². The van der Waals surface area contributed by atoms with Gasteiger partial charge in [-0.05, 0) is 32.4 Å². The Morgan fingerprint density at radius 2 is 2.11 bits per heavy atom. The van der Waals surface area contributed by atoms with Crippen LogP contribution in [0.1, 0.15) is 30.9 Å². The smallest absolute Gasteiger partial charge is 0.0638 e. The molecule has 2 atom stereocenters. The molecule has 19 heavy (non-hydrogen) atoms. The van der Waals surface area contributed by atoms with E-state index in [9.17, 15) is 0 Å². The van der Waals surface area contributed by atoms with Crippen molar-refractivity contribution in [2.45, 2.75) is 45.3 Å². The number of benzene rings is 1. The van der Waals surface area contributed by atoms with Gasteiger partial charge in [0.1, 0.15) is 0 Å². The molecule has 1 aliphatic heterocycles. The van der Waals surface area contributed by atoms with Crippen LogP contribution in [0.4, 0.5) is 0 Å². The monoisotopic (exact) mass is 257 g/mol. The summed E-state index contributed by atoms with van der Waals surface area (Å²) < 4.78 is 0. The van der Waals surface area contributed by atoms with Crippen molar-refractivity contribution in [3.8, 4) is 6.07 Å². The summed E-state index contributed by atoms with van der Waals surface area (Å²) in [6, 6.07) is 11.9. The number of nitrogens with one attached hydrogen (secondary N) is 1. The minimum absolute atomic E-state index is 0.323. The van der Waals surface area contributed by atoms with Crippen LogP contribution in [0.2, 0.25) is 0 Å². The third-order valence-electron chi connectivity index (χ3n) is 3.97. The molecular formula is C16H23N3. The molecule has 1 heterocycles. The second-order valence-electron chi connectivity index (χ2n) is 5.52. The molecule has 0 radical (unpaired) electrons. The third-order valence-corrected chi connectivity index (χ3v) is 3.97. The summed E-state index contributed by atoms with van der Waals surface area (Å²) in [4.78, 5) is 2.48. The first-order valence-electron chi connectivity index (χ1n) is 7.09. The molecular weight excluding hydrogens is 234 g/mol. The fourth-order valence-electron chi connectivity index (χ4n) is 2.71. The van der Waals surface area contributed by atoms with Gasteiger partial charge in [0.05, 0.1) is 12.5 Å². The summed E-state index contributed by atoms with van der Waals surface area (Å²) in [5.74, 6) is 0. The molecule has 1 N–H and O–H groups in total. The normalized spacial score (nSPS) is 24.7. The number of hydrogen-bond donors (Lipinski definition) is 1. The zero-order chi connectivity index (χ0) is 13.7. The molecule has 3 heteroatoms. The van der Waals surface area contributed by atoms with E-state index < -0.39 is 0 Å². The summed E-state index contributed by atoms with van der Waals surface area (Å²) in [5, 5.41) is 12.5. The largest absolute Gasteiger partial charge is 0.315 e. The van der Waals surface area contributed by atoms with E-state index >= 15 is 0 Å². The van der Waals surface area contributed by atoms with E-state index in [1.54, 1.807) is 0 Å². The number of nitrogens with zero attached hydrogens (tertiary/aromatic N) is 2. The fraction of sp³-hybridized carbons (Fsp3) is 0.562. The van der Waals surface area contributed by atoms with Crippen molar-refractivity contribution in [3.63, 3.8) is 0 Å². The molecule has 3 nitrogen and oxygen atoms in total. The van der Waals surface area contributed by atoms with E-state index in [1.165, 1.54) is 11.1 Å². The topological polar surface area (TPSA) is 39.1 Å². The Labute approximate surface area is 116 Å². The maximum atomic E-state index is 9.01. The molecule has 0 saturated carbocycles. The maximum Gasteiger partial charge on any atom is 0.0638 e. The average Bonchev–Trinajstić information content (AvgIpc) is 2.57. The SMILES string of the molecule is Cc1ccc(CN2C(C)CCNCC2CC#N)cc1. The Balaban J connectivity index is 2.12. The van der Waals surface area contributed by atoms with Crippen molar-refractivity contribution in [1.29, 1.82) is 5.26 Å². The van der Waals surface area contributed by atoms with Gasteiger partial charge in [-0.3, -0.25) is 4.90 Å². The van der Waals surface area contributed by atoms with Gasteiger partial charge >= 0.3 is 0 Å². The predicted octanol–water partition coefficient (Wildman–Crippen LogP) is 2.46. The zero-order valence-corrected chi connectivity index (χ0v) is 11.9. The van der Waals surface area contributed by atoms with E-state index in [0.29, 0.717) is 18.5 Å². The Hall–Kier alpha value is -1.37. The maximum absolute atomic E-state index is 9.01. The lowest BCUT2D eigenvalue weighted by molar-refractivity contribution is 0.146. The van der Waals surface area contributed by atoms with E-state index in [2.05, 4.69) is 54.4 Å². The van der Waals surface area contributed by atoms with E-state index in [-0.39, 0.29) is 0 Å². The lowest BCUT2D eigenvalue weighted by atomic mass is 10.1. The molecule has 0 amide bonds. The van der Waals surface area contributed by atoms with Crippen LogP contribution in [-0.4, -0.2) is 30.1 Å². The molecule has 0 bridgehead atoms. The minimum atomic E-state index is 0.323. The van der Waals surface area contributed by atoms with E-state index in [0.717, 1.165) is 26.1 Å². The van der Waals surface area contributed by atoms with Gasteiger partial charge < -0.3 is 5.32 Å². The van der Waals surface area contributed by atoms with Gasteiger partial charge in [0.2, 0.25) is 0 Å². The summed E-state index contributed by atoms with van der Waals surface area (Å²) in [5.41, 5.74) is 2.63. The molecule has 1 fully saturated rings. The fourth-order valence-corrected chi connectivity index (χ4v) is 2.71. The Bertz CT molecular complexity index is 432. The second kappa shape index (κ2) is 6.70. The lowest BCUT2D eigenvalue weighted by Gasteiger charge is -2.33. The predicted molar refractivity (Wildman–Crippen MR) is 77.7 cm³/mol. The highest BCUT2D eigenvalue weighted by atomic mass is 15.2. The van der Waals surface area contributed by atoms with Crippen LogP contribution in [0.25, 0.3) is 0 Å². The van der Waals surface area contributed by atoms with Crippen LogP contribution in [-0.2, 0) is 6.54 Å². The molecule has 1 saturated heterocycles. The molecule has 1 aromatic carbocycles. The van der Waals surface area contributed by atoms with Crippen molar-refractivity contribution in [3.05, 3.63) is 35.4 Å². The minimum Gasteiger partial charge on any atom is -0.315 e. The Morgan fingerprint density at radius 3 is 2.79 bits per heavy atom. The quantitative estimate of drug-likeness (QED) is 0.904. The average molecular weight is 257 g/mol. The third kappa shape index (κ3) is 3.79. The van der Waals surface area contributed by atoms with Crippen LogP contribution >= 0.6 is 0 Å². The molecule has 1 aromatic rings. The first-order valence-corrected chi connectivity index (χ1v) is 7.09. The van der Waals surface area contributed by atoms with Crippen LogP contribution in [0.5, 0.6) is 0 Å². The summed E-state index contributed by atoms with van der Waals surface area (Å²) >= 11 is 0. The van der Waals surface area contributed by atoms with Gasteiger partial charge in [0, 0.05) is 25.2 Å². The standard InChI is InChI=1S/C16H23N3/c1-13-3-5-15(6-4-13)12-19-14(2)8-10-18-11-16(19)7-9-17/h3-6,14,16,18H,7-8,10-12H2,1-2H3. The lowest BCUT2D eigenvalue weighted by Crippen LogP contribution is -2.42. The Kier molecular flexibility index (Phi) is 4.95. The molecule has 102 valence electrons. The highest BCUT2D eigenvalue weighted by molar-refractivity contribution is 5.21. The molecule has 2 rings (SSSR count). The first-order chi connectivity index (χ1) is 9.20. The van der Waals surface area contributed by atoms with Crippen molar-refractivity contribution >= 4 is 0 Å². The molecule has 2 unspecified atom stereocenters. The second-order valence-corrected chi connectivity index (χ2v) is 5.52. The molecule has 0 spiro atoms.